The normalized spacial score (nSPS) is 12.9. The highest BCUT2D eigenvalue weighted by Crippen LogP contribution is 2.13. The number of aromatic nitrogens is 2. The molecule has 0 aliphatic carbocycles. The van der Waals surface area contributed by atoms with E-state index in [9.17, 15) is 4.79 Å². The summed E-state index contributed by atoms with van der Waals surface area (Å²) in [5.74, 6) is 0.791. The van der Waals surface area contributed by atoms with Crippen molar-refractivity contribution in [1.29, 1.82) is 0 Å². The molecule has 0 aromatic carbocycles. The number of anilines is 1. The van der Waals surface area contributed by atoms with Crippen molar-refractivity contribution in [1.82, 2.24) is 9.97 Å². The second-order valence-corrected chi connectivity index (χ2v) is 4.65. The molecule has 0 saturated carbocycles. The fourth-order valence-corrected chi connectivity index (χ4v) is 1.53. The number of aliphatic hydroxyl groups is 1. The summed E-state index contributed by atoms with van der Waals surface area (Å²) in [7, 11) is 0. The standard InChI is InChI=1S/C9H14IN3O2/c1-5(2)6(3-14)13-8-7(10)9(15)12-4-11-8/h4-6,14H,3H2,1-2H3,(H2,11,12,13,15)/t6-/m1/s1. The van der Waals surface area contributed by atoms with E-state index in [1.165, 1.54) is 6.33 Å². The van der Waals surface area contributed by atoms with Gasteiger partial charge in [-0.1, -0.05) is 13.8 Å². The predicted molar refractivity (Wildman–Crippen MR) is 66.9 cm³/mol. The first-order valence-electron chi connectivity index (χ1n) is 4.66. The number of aliphatic hydroxyl groups excluding tert-OH is 1. The maximum Gasteiger partial charge on any atom is 0.266 e. The van der Waals surface area contributed by atoms with Gasteiger partial charge in [-0.3, -0.25) is 4.79 Å². The van der Waals surface area contributed by atoms with Gasteiger partial charge in [-0.25, -0.2) is 4.98 Å². The third-order valence-electron chi connectivity index (χ3n) is 2.12. The van der Waals surface area contributed by atoms with Gasteiger partial charge in [-0.15, -0.1) is 0 Å². The van der Waals surface area contributed by atoms with Gasteiger partial charge >= 0.3 is 0 Å². The lowest BCUT2D eigenvalue weighted by Crippen LogP contribution is -2.31. The van der Waals surface area contributed by atoms with E-state index in [-0.39, 0.29) is 24.1 Å². The van der Waals surface area contributed by atoms with Crippen molar-refractivity contribution < 1.29 is 5.11 Å². The van der Waals surface area contributed by atoms with Crippen molar-refractivity contribution in [3.63, 3.8) is 0 Å². The molecule has 0 amide bonds. The molecule has 0 saturated heterocycles. The summed E-state index contributed by atoms with van der Waals surface area (Å²) in [6.45, 7) is 4.00. The monoisotopic (exact) mass is 323 g/mol. The summed E-state index contributed by atoms with van der Waals surface area (Å²) < 4.78 is 0.509. The van der Waals surface area contributed by atoms with E-state index in [2.05, 4.69) is 15.3 Å². The first-order chi connectivity index (χ1) is 7.06. The second-order valence-electron chi connectivity index (χ2n) is 3.57. The molecule has 1 atom stereocenters. The molecular formula is C9H14IN3O2. The Kier molecular flexibility index (Phi) is 4.52. The largest absolute Gasteiger partial charge is 0.394 e. The van der Waals surface area contributed by atoms with Crippen LogP contribution in [0.1, 0.15) is 13.8 Å². The van der Waals surface area contributed by atoms with Crippen LogP contribution in [0.4, 0.5) is 5.82 Å². The second kappa shape index (κ2) is 5.45. The Bertz CT molecular complexity index is 378. The zero-order valence-corrected chi connectivity index (χ0v) is 10.8. The van der Waals surface area contributed by atoms with Gasteiger partial charge < -0.3 is 15.4 Å². The van der Waals surface area contributed by atoms with Gasteiger partial charge in [0.25, 0.3) is 5.56 Å². The van der Waals surface area contributed by atoms with Gasteiger partial charge in [0.2, 0.25) is 0 Å². The van der Waals surface area contributed by atoms with Gasteiger partial charge in [-0.2, -0.15) is 0 Å². The minimum Gasteiger partial charge on any atom is -0.394 e. The third kappa shape index (κ3) is 3.16. The average Bonchev–Trinajstić information content (AvgIpc) is 2.19. The van der Waals surface area contributed by atoms with Crippen LogP contribution in [-0.2, 0) is 0 Å². The number of aromatic amines is 1. The molecule has 0 fully saturated rings. The van der Waals surface area contributed by atoms with Crippen LogP contribution in [0, 0.1) is 9.49 Å². The van der Waals surface area contributed by atoms with Crippen LogP contribution >= 0.6 is 22.6 Å². The van der Waals surface area contributed by atoms with E-state index in [0.29, 0.717) is 9.39 Å². The average molecular weight is 323 g/mol. The van der Waals surface area contributed by atoms with E-state index < -0.39 is 0 Å². The summed E-state index contributed by atoms with van der Waals surface area (Å²) in [6, 6.07) is -0.0900. The topological polar surface area (TPSA) is 78.0 Å². The molecule has 5 nitrogen and oxygen atoms in total. The Morgan fingerprint density at radius 3 is 2.87 bits per heavy atom. The van der Waals surface area contributed by atoms with Crippen LogP contribution in [0.2, 0.25) is 0 Å². The lowest BCUT2D eigenvalue weighted by Gasteiger charge is -2.20. The Balaban J connectivity index is 2.88. The molecule has 3 N–H and O–H groups in total. The van der Waals surface area contributed by atoms with E-state index in [1.807, 2.05) is 36.4 Å². The molecule has 1 aromatic rings. The molecule has 15 heavy (non-hydrogen) atoms. The molecule has 1 heterocycles. The number of nitrogens with one attached hydrogen (secondary N) is 2. The fourth-order valence-electron chi connectivity index (χ4n) is 1.08. The molecule has 6 heteroatoms. The fraction of sp³-hybridized carbons (Fsp3) is 0.556. The smallest absolute Gasteiger partial charge is 0.266 e. The van der Waals surface area contributed by atoms with Crippen molar-refractivity contribution in [2.75, 3.05) is 11.9 Å². The zero-order chi connectivity index (χ0) is 11.4. The molecule has 84 valence electrons. The summed E-state index contributed by atoms with van der Waals surface area (Å²) in [4.78, 5) is 17.8. The Hall–Kier alpha value is -0.630. The van der Waals surface area contributed by atoms with Gasteiger partial charge in [0, 0.05) is 0 Å². The highest BCUT2D eigenvalue weighted by atomic mass is 127. The minimum absolute atomic E-state index is 0.0161. The Morgan fingerprint density at radius 2 is 2.33 bits per heavy atom. The van der Waals surface area contributed by atoms with Gasteiger partial charge in [0.05, 0.1) is 19.0 Å². The molecule has 0 spiro atoms. The van der Waals surface area contributed by atoms with E-state index in [4.69, 9.17) is 5.11 Å². The number of H-pyrrole nitrogens is 1. The van der Waals surface area contributed by atoms with Crippen molar-refractivity contribution in [2.45, 2.75) is 19.9 Å². The van der Waals surface area contributed by atoms with Crippen LogP contribution in [-0.4, -0.2) is 27.7 Å². The first-order valence-corrected chi connectivity index (χ1v) is 5.74. The molecule has 1 aromatic heterocycles. The summed E-state index contributed by atoms with van der Waals surface area (Å²) in [5.41, 5.74) is -0.173. The van der Waals surface area contributed by atoms with Crippen molar-refractivity contribution in [3.8, 4) is 0 Å². The molecule has 1 rings (SSSR count). The molecule has 0 aliphatic heterocycles. The quantitative estimate of drug-likeness (QED) is 0.717. The van der Waals surface area contributed by atoms with Crippen molar-refractivity contribution in [3.05, 3.63) is 20.3 Å². The van der Waals surface area contributed by atoms with Gasteiger partial charge in [0.15, 0.2) is 0 Å². The van der Waals surface area contributed by atoms with Gasteiger partial charge in [0.1, 0.15) is 9.39 Å². The summed E-state index contributed by atoms with van der Waals surface area (Å²) in [5, 5.41) is 12.2. The van der Waals surface area contributed by atoms with E-state index in [1.54, 1.807) is 0 Å². The molecule has 0 unspecified atom stereocenters. The summed E-state index contributed by atoms with van der Waals surface area (Å²) >= 11 is 1.93. The molecule has 0 bridgehead atoms. The highest BCUT2D eigenvalue weighted by Gasteiger charge is 2.14. The van der Waals surface area contributed by atoms with E-state index in [0.717, 1.165) is 0 Å². The number of hydrogen-bond donors (Lipinski definition) is 3. The summed E-state index contributed by atoms with van der Waals surface area (Å²) in [6.07, 6.45) is 1.35. The third-order valence-corrected chi connectivity index (χ3v) is 3.12. The Labute approximate surface area is 101 Å². The number of halogens is 1. The van der Waals surface area contributed by atoms with Crippen molar-refractivity contribution >= 4 is 28.4 Å². The van der Waals surface area contributed by atoms with Gasteiger partial charge in [-0.05, 0) is 28.5 Å². The number of rotatable bonds is 4. The number of nitrogens with zero attached hydrogens (tertiary/aromatic N) is 1. The highest BCUT2D eigenvalue weighted by molar-refractivity contribution is 14.1. The maximum absolute atomic E-state index is 11.3. The maximum atomic E-state index is 11.3. The van der Waals surface area contributed by atoms with Crippen LogP contribution in [0.25, 0.3) is 0 Å². The predicted octanol–water partition coefficient (Wildman–Crippen LogP) is 0.803. The van der Waals surface area contributed by atoms with Crippen LogP contribution in [0.5, 0.6) is 0 Å². The lowest BCUT2D eigenvalue weighted by molar-refractivity contribution is 0.249. The van der Waals surface area contributed by atoms with Crippen LogP contribution in [0.3, 0.4) is 0 Å². The SMILES string of the molecule is CC(C)[C@@H](CO)Nc1nc[nH]c(=O)c1I. The number of hydrogen-bond acceptors (Lipinski definition) is 4. The minimum atomic E-state index is -0.173. The lowest BCUT2D eigenvalue weighted by atomic mass is 10.1. The van der Waals surface area contributed by atoms with E-state index >= 15 is 0 Å². The zero-order valence-electron chi connectivity index (χ0n) is 8.62. The van der Waals surface area contributed by atoms with Crippen molar-refractivity contribution in [2.24, 2.45) is 5.92 Å². The first kappa shape index (κ1) is 12.4. The molecule has 0 radical (unpaired) electrons. The molecule has 0 aliphatic rings. The Morgan fingerprint density at radius 1 is 1.67 bits per heavy atom. The molecular weight excluding hydrogens is 309 g/mol. The van der Waals surface area contributed by atoms with Crippen LogP contribution in [0.15, 0.2) is 11.1 Å². The van der Waals surface area contributed by atoms with Crippen LogP contribution < -0.4 is 10.9 Å².